The standard InChI is InChI=1S/C18H19ClN4O2S.C2HF3O2/c19-16-3-1-14(26-16)2-4-17(24)22-15-7-11-23(18(15)25)12-10-21-13-5-8-20-9-6-13;3-2(4,5)1(6)7/h1-6,8-9,15H,7,10-12H2,(H,20,21)(H,22,24);(H,6,7). The molecule has 2 aromatic heterocycles. The van der Waals surface area contributed by atoms with Crippen molar-refractivity contribution in [2.45, 2.75) is 18.6 Å². The lowest BCUT2D eigenvalue weighted by Gasteiger charge is -2.17. The van der Waals surface area contributed by atoms with Gasteiger partial charge in [-0.2, -0.15) is 13.2 Å². The fourth-order valence-corrected chi connectivity index (χ4v) is 3.66. The second-order valence-corrected chi connectivity index (χ2v) is 8.36. The summed E-state index contributed by atoms with van der Waals surface area (Å²) in [6.45, 7) is 1.89. The van der Waals surface area contributed by atoms with Gasteiger partial charge in [0.15, 0.2) is 0 Å². The van der Waals surface area contributed by atoms with E-state index in [9.17, 15) is 22.8 Å². The van der Waals surface area contributed by atoms with Gasteiger partial charge in [-0.3, -0.25) is 14.6 Å². The van der Waals surface area contributed by atoms with E-state index in [0.29, 0.717) is 30.4 Å². The van der Waals surface area contributed by atoms with Crippen LogP contribution in [-0.2, 0) is 14.4 Å². The average Bonchev–Trinajstić information content (AvgIpc) is 3.33. The van der Waals surface area contributed by atoms with Gasteiger partial charge in [0.1, 0.15) is 6.04 Å². The van der Waals surface area contributed by atoms with Crippen LogP contribution in [0.15, 0.2) is 42.7 Å². The number of carbonyl (C=O) groups excluding carboxylic acids is 2. The molecule has 2 amide bonds. The molecule has 3 N–H and O–H groups in total. The lowest BCUT2D eigenvalue weighted by molar-refractivity contribution is -0.192. The van der Waals surface area contributed by atoms with Crippen LogP contribution in [0.5, 0.6) is 0 Å². The Morgan fingerprint density at radius 3 is 2.52 bits per heavy atom. The number of aliphatic carboxylic acids is 1. The van der Waals surface area contributed by atoms with Crippen LogP contribution in [0.2, 0.25) is 4.34 Å². The molecule has 1 fully saturated rings. The largest absolute Gasteiger partial charge is 0.490 e. The number of carboxylic acids is 1. The van der Waals surface area contributed by atoms with Gasteiger partial charge in [0.2, 0.25) is 11.8 Å². The zero-order valence-electron chi connectivity index (χ0n) is 17.0. The Labute approximate surface area is 196 Å². The van der Waals surface area contributed by atoms with E-state index < -0.39 is 18.2 Å². The summed E-state index contributed by atoms with van der Waals surface area (Å²) in [6, 6.07) is 6.92. The van der Waals surface area contributed by atoms with Crippen LogP contribution >= 0.6 is 22.9 Å². The van der Waals surface area contributed by atoms with Crippen molar-refractivity contribution < 1.29 is 32.7 Å². The molecule has 178 valence electrons. The van der Waals surface area contributed by atoms with Crippen molar-refractivity contribution >= 4 is 52.5 Å². The Kier molecular flexibility index (Phi) is 9.67. The predicted octanol–water partition coefficient (Wildman–Crippen LogP) is 3.27. The maximum atomic E-state index is 12.4. The lowest BCUT2D eigenvalue weighted by atomic mass is 10.2. The summed E-state index contributed by atoms with van der Waals surface area (Å²) >= 11 is 7.25. The number of alkyl halides is 3. The number of anilines is 1. The third-order valence-corrected chi connectivity index (χ3v) is 5.44. The Balaban J connectivity index is 0.000000479. The Morgan fingerprint density at radius 2 is 1.94 bits per heavy atom. The van der Waals surface area contributed by atoms with Crippen molar-refractivity contribution in [2.75, 3.05) is 25.0 Å². The molecule has 1 saturated heterocycles. The topological polar surface area (TPSA) is 112 Å². The number of halogens is 4. The van der Waals surface area contributed by atoms with Crippen LogP contribution < -0.4 is 10.6 Å². The molecule has 13 heteroatoms. The molecule has 8 nitrogen and oxygen atoms in total. The number of nitrogens with zero attached hydrogens (tertiary/aromatic N) is 2. The summed E-state index contributed by atoms with van der Waals surface area (Å²) in [5, 5.41) is 13.1. The summed E-state index contributed by atoms with van der Waals surface area (Å²) in [7, 11) is 0. The predicted molar refractivity (Wildman–Crippen MR) is 118 cm³/mol. The number of carbonyl (C=O) groups is 3. The van der Waals surface area contributed by atoms with Crippen molar-refractivity contribution in [1.29, 1.82) is 0 Å². The fraction of sp³-hybridized carbons (Fsp3) is 0.300. The minimum atomic E-state index is -5.08. The number of amides is 2. The van der Waals surface area contributed by atoms with Crippen LogP contribution in [0.4, 0.5) is 18.9 Å². The molecule has 0 saturated carbocycles. The second-order valence-electron chi connectivity index (χ2n) is 6.62. The minimum absolute atomic E-state index is 0.0394. The van der Waals surface area contributed by atoms with E-state index in [2.05, 4.69) is 15.6 Å². The zero-order valence-corrected chi connectivity index (χ0v) is 18.6. The highest BCUT2D eigenvalue weighted by Gasteiger charge is 2.38. The number of carboxylic acid groups (broad SMARTS) is 1. The third kappa shape index (κ3) is 9.10. The lowest BCUT2D eigenvalue weighted by Crippen LogP contribution is -2.41. The molecule has 1 unspecified atom stereocenters. The van der Waals surface area contributed by atoms with E-state index in [-0.39, 0.29) is 11.8 Å². The van der Waals surface area contributed by atoms with Gasteiger partial charge in [-0.1, -0.05) is 11.6 Å². The first kappa shape index (κ1) is 26.1. The first-order valence-electron chi connectivity index (χ1n) is 9.53. The van der Waals surface area contributed by atoms with E-state index >= 15 is 0 Å². The van der Waals surface area contributed by atoms with Crippen LogP contribution in [0.1, 0.15) is 11.3 Å². The molecule has 0 spiro atoms. The quantitative estimate of drug-likeness (QED) is 0.499. The van der Waals surface area contributed by atoms with Gasteiger partial charge >= 0.3 is 12.1 Å². The molecule has 3 rings (SSSR count). The number of thiophene rings is 1. The van der Waals surface area contributed by atoms with Crippen LogP contribution in [0.3, 0.4) is 0 Å². The summed E-state index contributed by atoms with van der Waals surface area (Å²) in [5.41, 5.74) is 0.968. The molecule has 3 heterocycles. The van der Waals surface area contributed by atoms with Crippen molar-refractivity contribution in [2.24, 2.45) is 0 Å². The third-order valence-electron chi connectivity index (χ3n) is 4.24. The van der Waals surface area contributed by atoms with E-state index in [1.54, 1.807) is 29.4 Å². The van der Waals surface area contributed by atoms with Crippen molar-refractivity contribution in [3.05, 3.63) is 51.9 Å². The van der Waals surface area contributed by atoms with Crippen LogP contribution in [0.25, 0.3) is 6.08 Å². The molecular formula is C20H20ClF3N4O4S. The summed E-state index contributed by atoms with van der Waals surface area (Å²) < 4.78 is 32.4. The molecule has 0 radical (unpaired) electrons. The Hall–Kier alpha value is -3.12. The number of hydrogen-bond donors (Lipinski definition) is 3. The molecular weight excluding hydrogens is 485 g/mol. The van der Waals surface area contributed by atoms with Crippen LogP contribution in [0, 0.1) is 0 Å². The highest BCUT2D eigenvalue weighted by Crippen LogP contribution is 2.22. The molecule has 0 aromatic carbocycles. The summed E-state index contributed by atoms with van der Waals surface area (Å²) in [6.07, 6.45) is 2.10. The summed E-state index contributed by atoms with van der Waals surface area (Å²) in [4.78, 5) is 39.9. The van der Waals surface area contributed by atoms with Gasteiger partial charge in [-0.25, -0.2) is 4.79 Å². The number of pyridine rings is 1. The normalized spacial score (nSPS) is 15.8. The molecule has 1 aliphatic heterocycles. The van der Waals surface area contributed by atoms with Gasteiger partial charge in [0, 0.05) is 48.7 Å². The Bertz CT molecular complexity index is 985. The van der Waals surface area contributed by atoms with E-state index in [4.69, 9.17) is 21.5 Å². The number of hydrogen-bond acceptors (Lipinski definition) is 6. The van der Waals surface area contributed by atoms with Gasteiger partial charge in [0.05, 0.1) is 4.34 Å². The minimum Gasteiger partial charge on any atom is -0.475 e. The maximum Gasteiger partial charge on any atom is 0.490 e. The number of rotatable bonds is 7. The smallest absolute Gasteiger partial charge is 0.475 e. The van der Waals surface area contributed by atoms with Crippen molar-refractivity contribution in [1.82, 2.24) is 15.2 Å². The van der Waals surface area contributed by atoms with Gasteiger partial charge in [-0.05, 0) is 36.8 Å². The van der Waals surface area contributed by atoms with E-state index in [0.717, 1.165) is 10.6 Å². The molecule has 0 bridgehead atoms. The molecule has 1 atom stereocenters. The first-order chi connectivity index (χ1) is 15.6. The zero-order chi connectivity index (χ0) is 24.4. The second kappa shape index (κ2) is 12.2. The monoisotopic (exact) mass is 504 g/mol. The number of likely N-dealkylation sites (tertiary alicyclic amines) is 1. The Morgan fingerprint density at radius 1 is 1.27 bits per heavy atom. The summed E-state index contributed by atoms with van der Waals surface area (Å²) in [5.74, 6) is -3.07. The van der Waals surface area contributed by atoms with Crippen molar-refractivity contribution in [3.8, 4) is 0 Å². The molecule has 33 heavy (non-hydrogen) atoms. The van der Waals surface area contributed by atoms with E-state index in [1.165, 1.54) is 17.4 Å². The average molecular weight is 505 g/mol. The van der Waals surface area contributed by atoms with Gasteiger partial charge in [-0.15, -0.1) is 11.3 Å². The fourth-order valence-electron chi connectivity index (χ4n) is 2.70. The van der Waals surface area contributed by atoms with E-state index in [1.807, 2.05) is 18.2 Å². The van der Waals surface area contributed by atoms with Crippen LogP contribution in [-0.4, -0.2) is 64.6 Å². The molecule has 2 aromatic rings. The van der Waals surface area contributed by atoms with Crippen molar-refractivity contribution in [3.63, 3.8) is 0 Å². The van der Waals surface area contributed by atoms with Gasteiger partial charge in [0.25, 0.3) is 0 Å². The molecule has 1 aliphatic rings. The molecule has 0 aliphatic carbocycles. The van der Waals surface area contributed by atoms with Gasteiger partial charge < -0.3 is 20.6 Å². The maximum absolute atomic E-state index is 12.4. The first-order valence-corrected chi connectivity index (χ1v) is 10.7. The number of nitrogens with one attached hydrogen (secondary N) is 2. The number of aromatic nitrogens is 1. The highest BCUT2D eigenvalue weighted by atomic mass is 35.5. The highest BCUT2D eigenvalue weighted by molar-refractivity contribution is 7.17. The SMILES string of the molecule is O=C(C=Cc1ccc(Cl)s1)NC1CCN(CCNc2ccncc2)C1=O.O=C(O)C(F)(F)F.